The summed E-state index contributed by atoms with van der Waals surface area (Å²) in [5, 5.41) is 8.75. The number of nitrogens with zero attached hydrogens (tertiary/aromatic N) is 2. The number of pyridine rings is 1. The molecule has 0 saturated carbocycles. The molecule has 0 radical (unpaired) electrons. The molecule has 1 aromatic carbocycles. The average molecular weight is 425 g/mol. The van der Waals surface area contributed by atoms with E-state index in [1.807, 2.05) is 0 Å². The van der Waals surface area contributed by atoms with Crippen molar-refractivity contribution in [3.05, 3.63) is 53.9 Å². The normalized spacial score (nSPS) is 13.6. The molecular weight excluding hydrogens is 416 g/mol. The van der Waals surface area contributed by atoms with Crippen molar-refractivity contribution in [3.8, 4) is 11.8 Å². The largest absolute Gasteiger partial charge is 0.573 e. The SMILES string of the molecule is N#Cc1cncc(S(=O)(=O)N[C@H](c2ccc(OC(F)(F)F)cc2)C(F)(F)F)c1. The highest BCUT2D eigenvalue weighted by atomic mass is 32.2. The molecule has 0 unspecified atom stereocenters. The summed E-state index contributed by atoms with van der Waals surface area (Å²) in [6, 6.07) is 2.18. The highest BCUT2D eigenvalue weighted by Crippen LogP contribution is 2.35. The Morgan fingerprint density at radius 2 is 1.68 bits per heavy atom. The minimum absolute atomic E-state index is 0.194. The zero-order valence-electron chi connectivity index (χ0n) is 13.4. The van der Waals surface area contributed by atoms with Crippen molar-refractivity contribution in [2.75, 3.05) is 0 Å². The van der Waals surface area contributed by atoms with Gasteiger partial charge in [-0.3, -0.25) is 4.98 Å². The van der Waals surface area contributed by atoms with Gasteiger partial charge in [0.2, 0.25) is 10.0 Å². The monoisotopic (exact) mass is 425 g/mol. The fraction of sp³-hybridized carbons (Fsp3) is 0.200. The van der Waals surface area contributed by atoms with E-state index in [1.165, 1.54) is 4.72 Å². The number of nitriles is 1. The molecule has 0 fully saturated rings. The van der Waals surface area contributed by atoms with E-state index in [0.29, 0.717) is 24.3 Å². The topological polar surface area (TPSA) is 92.1 Å². The van der Waals surface area contributed by atoms with Crippen LogP contribution in [0, 0.1) is 11.3 Å². The number of rotatable bonds is 5. The Hall–Kier alpha value is -2.85. The molecule has 6 nitrogen and oxygen atoms in total. The third-order valence-corrected chi connectivity index (χ3v) is 4.59. The van der Waals surface area contributed by atoms with E-state index in [9.17, 15) is 34.8 Å². The van der Waals surface area contributed by atoms with Gasteiger partial charge in [-0.25, -0.2) is 8.42 Å². The molecule has 28 heavy (non-hydrogen) atoms. The summed E-state index contributed by atoms with van der Waals surface area (Å²) in [6.45, 7) is 0. The van der Waals surface area contributed by atoms with Crippen LogP contribution in [0.2, 0.25) is 0 Å². The summed E-state index contributed by atoms with van der Waals surface area (Å²) in [6.07, 6.45) is -8.39. The van der Waals surface area contributed by atoms with E-state index in [2.05, 4.69) is 9.72 Å². The Labute approximate surface area is 154 Å². The summed E-state index contributed by atoms with van der Waals surface area (Å²) in [5.74, 6) is -0.772. The van der Waals surface area contributed by atoms with Gasteiger partial charge in [-0.05, 0) is 23.8 Å². The fourth-order valence-electron chi connectivity index (χ4n) is 2.04. The van der Waals surface area contributed by atoms with Gasteiger partial charge in [-0.2, -0.15) is 23.2 Å². The standard InChI is InChI=1S/C15H9F6N3O3S/c16-14(17,18)13(10-1-3-11(4-2-10)27-15(19,20)21)24-28(25,26)12-5-9(6-22)7-23-8-12/h1-5,7-8,13,24H/t13-/m1/s1. The molecular formula is C15H9F6N3O3S. The molecule has 0 bridgehead atoms. The Kier molecular flexibility index (Phi) is 5.86. The third kappa shape index (κ3) is 5.57. The van der Waals surface area contributed by atoms with E-state index in [-0.39, 0.29) is 5.56 Å². The predicted octanol–water partition coefficient (Wildman–Crippen LogP) is 3.43. The van der Waals surface area contributed by atoms with E-state index in [4.69, 9.17) is 5.26 Å². The van der Waals surface area contributed by atoms with Crippen molar-refractivity contribution in [3.63, 3.8) is 0 Å². The highest BCUT2D eigenvalue weighted by Gasteiger charge is 2.43. The molecule has 1 heterocycles. The average Bonchev–Trinajstić information content (AvgIpc) is 2.58. The van der Waals surface area contributed by atoms with Crippen LogP contribution in [-0.2, 0) is 10.0 Å². The van der Waals surface area contributed by atoms with Crippen LogP contribution in [0.1, 0.15) is 17.2 Å². The van der Waals surface area contributed by atoms with Crippen LogP contribution in [0.3, 0.4) is 0 Å². The lowest BCUT2D eigenvalue weighted by molar-refractivity contribution is -0.274. The van der Waals surface area contributed by atoms with Gasteiger partial charge in [0.1, 0.15) is 22.8 Å². The van der Waals surface area contributed by atoms with Crippen molar-refractivity contribution >= 4 is 10.0 Å². The van der Waals surface area contributed by atoms with Gasteiger partial charge in [-0.15, -0.1) is 13.2 Å². The number of hydrogen-bond acceptors (Lipinski definition) is 5. The third-order valence-electron chi connectivity index (χ3n) is 3.20. The lowest BCUT2D eigenvalue weighted by atomic mass is 10.1. The number of benzene rings is 1. The maximum absolute atomic E-state index is 13.4. The first kappa shape index (κ1) is 21.5. The molecule has 1 atom stereocenters. The van der Waals surface area contributed by atoms with Gasteiger partial charge < -0.3 is 4.74 Å². The first-order valence-corrected chi connectivity index (χ1v) is 8.60. The number of halogens is 6. The summed E-state index contributed by atoms with van der Waals surface area (Å²) < 4.78 is 106. The van der Waals surface area contributed by atoms with Crippen LogP contribution in [-0.4, -0.2) is 25.9 Å². The molecule has 0 spiro atoms. The second-order valence-corrected chi connectivity index (χ2v) is 6.95. The van der Waals surface area contributed by atoms with Gasteiger partial charge in [-0.1, -0.05) is 12.1 Å². The highest BCUT2D eigenvalue weighted by molar-refractivity contribution is 7.89. The molecule has 0 aliphatic rings. The van der Waals surface area contributed by atoms with Crippen molar-refractivity contribution in [1.29, 1.82) is 5.26 Å². The maximum Gasteiger partial charge on any atom is 0.573 e. The van der Waals surface area contributed by atoms with E-state index in [0.717, 1.165) is 18.5 Å². The van der Waals surface area contributed by atoms with Gasteiger partial charge in [0.05, 0.1) is 5.56 Å². The van der Waals surface area contributed by atoms with Crippen molar-refractivity contribution < 1.29 is 39.5 Å². The van der Waals surface area contributed by atoms with Gasteiger partial charge in [0.15, 0.2) is 0 Å². The number of sulfonamides is 1. The van der Waals surface area contributed by atoms with Crippen LogP contribution in [0.25, 0.3) is 0 Å². The molecule has 0 aliphatic heterocycles. The zero-order valence-corrected chi connectivity index (χ0v) is 14.2. The van der Waals surface area contributed by atoms with Crippen molar-refractivity contribution in [1.82, 2.24) is 9.71 Å². The molecule has 1 aromatic heterocycles. The summed E-state index contributed by atoms with van der Waals surface area (Å²) in [4.78, 5) is 2.78. The fourth-order valence-corrected chi connectivity index (χ4v) is 3.23. The van der Waals surface area contributed by atoms with Crippen LogP contribution in [0.5, 0.6) is 5.75 Å². The van der Waals surface area contributed by atoms with Crippen molar-refractivity contribution in [2.24, 2.45) is 0 Å². The number of alkyl halides is 6. The minimum atomic E-state index is -5.11. The zero-order chi connectivity index (χ0) is 21.2. The predicted molar refractivity (Wildman–Crippen MR) is 81.2 cm³/mol. The second-order valence-electron chi connectivity index (χ2n) is 5.23. The molecule has 150 valence electrons. The number of hydrogen-bond donors (Lipinski definition) is 1. The number of aromatic nitrogens is 1. The second kappa shape index (κ2) is 7.64. The van der Waals surface area contributed by atoms with Gasteiger partial charge >= 0.3 is 12.5 Å². The first-order valence-electron chi connectivity index (χ1n) is 7.12. The van der Waals surface area contributed by atoms with Crippen LogP contribution in [0.15, 0.2) is 47.6 Å². The smallest absolute Gasteiger partial charge is 0.406 e. The Balaban J connectivity index is 2.36. The number of ether oxygens (including phenoxy) is 1. The molecule has 13 heteroatoms. The molecule has 0 aliphatic carbocycles. The lowest BCUT2D eigenvalue weighted by Crippen LogP contribution is -2.38. The van der Waals surface area contributed by atoms with Crippen LogP contribution < -0.4 is 9.46 Å². The Morgan fingerprint density at radius 1 is 1.07 bits per heavy atom. The van der Waals surface area contributed by atoms with Gasteiger partial charge in [0, 0.05) is 12.4 Å². The number of nitrogens with one attached hydrogen (secondary N) is 1. The quantitative estimate of drug-likeness (QED) is 0.741. The van der Waals surface area contributed by atoms with Crippen LogP contribution >= 0.6 is 0 Å². The van der Waals surface area contributed by atoms with E-state index >= 15 is 0 Å². The minimum Gasteiger partial charge on any atom is -0.406 e. The summed E-state index contributed by atoms with van der Waals surface area (Å²) in [7, 11) is -4.76. The molecule has 2 aromatic rings. The Morgan fingerprint density at radius 3 is 2.18 bits per heavy atom. The first-order chi connectivity index (χ1) is 12.8. The molecule has 0 amide bonds. The maximum atomic E-state index is 13.4. The summed E-state index contributed by atoms with van der Waals surface area (Å²) >= 11 is 0. The van der Waals surface area contributed by atoms with E-state index in [1.54, 1.807) is 6.07 Å². The molecule has 1 N–H and O–H groups in total. The van der Waals surface area contributed by atoms with E-state index < -0.39 is 44.8 Å². The lowest BCUT2D eigenvalue weighted by Gasteiger charge is -2.22. The summed E-state index contributed by atoms with van der Waals surface area (Å²) in [5.41, 5.74) is -0.866. The molecule has 0 saturated heterocycles. The Bertz CT molecular complexity index is 982. The van der Waals surface area contributed by atoms with Crippen molar-refractivity contribution in [2.45, 2.75) is 23.5 Å². The van der Waals surface area contributed by atoms with Gasteiger partial charge in [0.25, 0.3) is 0 Å². The van der Waals surface area contributed by atoms with Crippen LogP contribution in [0.4, 0.5) is 26.3 Å². The molecule has 2 rings (SSSR count).